The zero-order chi connectivity index (χ0) is 20.5. The van der Waals surface area contributed by atoms with Crippen molar-refractivity contribution in [2.24, 2.45) is 0 Å². The molecule has 0 saturated carbocycles. The van der Waals surface area contributed by atoms with Crippen LogP contribution in [0.5, 0.6) is 11.5 Å². The smallest absolute Gasteiger partial charge is 0.232 e. The fourth-order valence-corrected chi connectivity index (χ4v) is 4.63. The zero-order valence-corrected chi connectivity index (χ0v) is 16.6. The molecule has 2 aromatic rings. The van der Waals surface area contributed by atoms with Crippen LogP contribution in [0, 0.1) is 11.3 Å². The van der Waals surface area contributed by atoms with Gasteiger partial charge in [-0.15, -0.1) is 0 Å². The van der Waals surface area contributed by atoms with Gasteiger partial charge in [0.2, 0.25) is 10.0 Å². The first kappa shape index (κ1) is 19.7. The van der Waals surface area contributed by atoms with Crippen molar-refractivity contribution in [3.8, 4) is 17.6 Å². The van der Waals surface area contributed by atoms with Gasteiger partial charge in [0.05, 0.1) is 30.7 Å². The maximum Gasteiger partial charge on any atom is 0.232 e. The highest BCUT2D eigenvalue weighted by Crippen LogP contribution is 2.35. The molecule has 8 heteroatoms. The lowest BCUT2D eigenvalue weighted by molar-refractivity contribution is 0.0919. The molecule has 1 aliphatic rings. The molecule has 0 unspecified atom stereocenters. The number of nitrogens with zero attached hydrogens (tertiary/aromatic N) is 2. The molecular formula is C20H20N2O5S. The van der Waals surface area contributed by atoms with Crippen LogP contribution >= 0.6 is 0 Å². The third-order valence-corrected chi connectivity index (χ3v) is 5.83. The molecule has 0 radical (unpaired) electrons. The fourth-order valence-electron chi connectivity index (χ4n) is 3.36. The highest BCUT2D eigenvalue weighted by Gasteiger charge is 2.32. The van der Waals surface area contributed by atoms with E-state index in [0.29, 0.717) is 34.7 Å². The van der Waals surface area contributed by atoms with Crippen LogP contribution in [0.15, 0.2) is 36.4 Å². The lowest BCUT2D eigenvalue weighted by atomic mass is 10.0. The first-order chi connectivity index (χ1) is 13.2. The lowest BCUT2D eigenvalue weighted by Crippen LogP contribution is -2.34. The first-order valence-corrected chi connectivity index (χ1v) is 10.5. The lowest BCUT2D eigenvalue weighted by Gasteiger charge is -2.21. The average Bonchev–Trinajstić information content (AvgIpc) is 3.00. The van der Waals surface area contributed by atoms with Crippen molar-refractivity contribution in [1.29, 1.82) is 5.26 Å². The van der Waals surface area contributed by atoms with Crippen LogP contribution < -0.4 is 13.8 Å². The Balaban J connectivity index is 1.77. The van der Waals surface area contributed by atoms with Gasteiger partial charge in [-0.25, -0.2) is 8.42 Å². The minimum atomic E-state index is -3.37. The van der Waals surface area contributed by atoms with Gasteiger partial charge in [0.25, 0.3) is 0 Å². The Morgan fingerprint density at radius 1 is 1.25 bits per heavy atom. The van der Waals surface area contributed by atoms with E-state index in [1.807, 2.05) is 13.0 Å². The standard InChI is InChI=1S/C20H20N2O5S/c1-13-8-16-10-15(5-6-17(16)22(13)28(3,24)25)18(23)12-27-19-7-4-14(11-21)9-20(19)26-2/h4-7,9-10,13H,8,12H2,1-3H3/t13-/m1/s1. The van der Waals surface area contributed by atoms with Crippen molar-refractivity contribution in [2.45, 2.75) is 19.4 Å². The summed E-state index contributed by atoms with van der Waals surface area (Å²) in [5.74, 6) is 0.506. The minimum Gasteiger partial charge on any atom is -0.493 e. The van der Waals surface area contributed by atoms with Crippen molar-refractivity contribution in [1.82, 2.24) is 0 Å². The van der Waals surface area contributed by atoms with Gasteiger partial charge in [-0.3, -0.25) is 9.10 Å². The second kappa shape index (κ2) is 7.52. The highest BCUT2D eigenvalue weighted by atomic mass is 32.2. The molecular weight excluding hydrogens is 380 g/mol. The molecule has 1 aliphatic heterocycles. The Labute approximate surface area is 164 Å². The third-order valence-electron chi connectivity index (χ3n) is 4.56. The van der Waals surface area contributed by atoms with E-state index in [2.05, 4.69) is 0 Å². The molecule has 1 heterocycles. The quantitative estimate of drug-likeness (QED) is 0.692. The molecule has 7 nitrogen and oxygen atoms in total. The Bertz CT molecular complexity index is 1070. The van der Waals surface area contributed by atoms with Crippen molar-refractivity contribution in [3.63, 3.8) is 0 Å². The Kier molecular flexibility index (Phi) is 5.29. The van der Waals surface area contributed by atoms with Crippen LogP contribution in [0.2, 0.25) is 0 Å². The number of sulfonamides is 1. The number of nitriles is 1. The summed E-state index contributed by atoms with van der Waals surface area (Å²) in [6.45, 7) is 1.63. The maximum absolute atomic E-state index is 12.6. The number of carbonyl (C=O) groups is 1. The van der Waals surface area contributed by atoms with E-state index in [-0.39, 0.29) is 18.4 Å². The highest BCUT2D eigenvalue weighted by molar-refractivity contribution is 7.92. The summed E-state index contributed by atoms with van der Waals surface area (Å²) in [6.07, 6.45) is 1.73. The predicted molar refractivity (Wildman–Crippen MR) is 104 cm³/mol. The van der Waals surface area contributed by atoms with E-state index >= 15 is 0 Å². The van der Waals surface area contributed by atoms with E-state index in [1.54, 1.807) is 30.3 Å². The molecule has 3 rings (SSSR count). The molecule has 0 N–H and O–H groups in total. The summed E-state index contributed by atoms with van der Waals surface area (Å²) in [5.41, 5.74) is 2.31. The largest absolute Gasteiger partial charge is 0.493 e. The van der Waals surface area contributed by atoms with Crippen molar-refractivity contribution in [3.05, 3.63) is 53.1 Å². The third kappa shape index (κ3) is 3.80. The van der Waals surface area contributed by atoms with Gasteiger partial charge in [0, 0.05) is 17.7 Å². The Hall–Kier alpha value is -3.05. The van der Waals surface area contributed by atoms with Gasteiger partial charge in [-0.2, -0.15) is 5.26 Å². The van der Waals surface area contributed by atoms with Crippen LogP contribution in [0.25, 0.3) is 0 Å². The number of Topliss-reactive ketones (excluding diaryl/α,β-unsaturated/α-hetero) is 1. The summed E-state index contributed by atoms with van der Waals surface area (Å²) in [6, 6.07) is 11.5. The molecule has 0 aliphatic carbocycles. The number of hydrogen-bond acceptors (Lipinski definition) is 6. The molecule has 0 spiro atoms. The molecule has 0 amide bonds. The molecule has 0 saturated heterocycles. The van der Waals surface area contributed by atoms with Gasteiger partial charge in [0.15, 0.2) is 23.9 Å². The van der Waals surface area contributed by atoms with Gasteiger partial charge in [-0.05, 0) is 49.2 Å². The number of fused-ring (bicyclic) bond motifs is 1. The predicted octanol–water partition coefficient (Wildman–Crippen LogP) is 2.54. The van der Waals surface area contributed by atoms with Crippen molar-refractivity contribution >= 4 is 21.5 Å². The number of rotatable bonds is 6. The topological polar surface area (TPSA) is 96.7 Å². The summed E-state index contributed by atoms with van der Waals surface area (Å²) >= 11 is 0. The number of methoxy groups -OCH3 is 1. The molecule has 28 heavy (non-hydrogen) atoms. The second-order valence-electron chi connectivity index (χ2n) is 6.64. The van der Waals surface area contributed by atoms with Crippen LogP contribution in [-0.2, 0) is 16.4 Å². The average molecular weight is 400 g/mol. The number of ketones is 1. The molecule has 1 atom stereocenters. The fraction of sp³-hybridized carbons (Fsp3) is 0.300. The molecule has 146 valence electrons. The van der Waals surface area contributed by atoms with E-state index in [0.717, 1.165) is 5.56 Å². The van der Waals surface area contributed by atoms with Crippen molar-refractivity contribution in [2.75, 3.05) is 24.3 Å². The SMILES string of the molecule is COc1cc(C#N)ccc1OCC(=O)c1ccc2c(c1)C[C@@H](C)N2S(C)(=O)=O. The van der Waals surface area contributed by atoms with Crippen LogP contribution in [0.1, 0.15) is 28.4 Å². The summed E-state index contributed by atoms with van der Waals surface area (Å²) in [4.78, 5) is 12.6. The van der Waals surface area contributed by atoms with Crippen molar-refractivity contribution < 1.29 is 22.7 Å². The van der Waals surface area contributed by atoms with E-state index in [9.17, 15) is 13.2 Å². The van der Waals surface area contributed by atoms with E-state index < -0.39 is 10.0 Å². The Morgan fingerprint density at radius 2 is 2.00 bits per heavy atom. The number of anilines is 1. The normalized spacial score (nSPS) is 15.6. The monoisotopic (exact) mass is 400 g/mol. The number of hydrogen-bond donors (Lipinski definition) is 0. The second-order valence-corrected chi connectivity index (χ2v) is 8.50. The Morgan fingerprint density at radius 3 is 2.64 bits per heavy atom. The van der Waals surface area contributed by atoms with Gasteiger partial charge in [0.1, 0.15) is 0 Å². The number of benzene rings is 2. The number of ether oxygens (including phenoxy) is 2. The summed E-state index contributed by atoms with van der Waals surface area (Å²) in [7, 11) is -1.91. The van der Waals surface area contributed by atoms with Crippen LogP contribution in [-0.4, -0.2) is 40.2 Å². The first-order valence-electron chi connectivity index (χ1n) is 8.61. The van der Waals surface area contributed by atoms with Crippen LogP contribution in [0.4, 0.5) is 5.69 Å². The maximum atomic E-state index is 12.6. The summed E-state index contributed by atoms with van der Waals surface area (Å²) in [5, 5.41) is 8.94. The zero-order valence-electron chi connectivity index (χ0n) is 15.8. The molecule has 0 aromatic heterocycles. The molecule has 0 fully saturated rings. The summed E-state index contributed by atoms with van der Waals surface area (Å²) < 4.78 is 36.1. The molecule has 0 bridgehead atoms. The van der Waals surface area contributed by atoms with E-state index in [4.69, 9.17) is 14.7 Å². The molecule has 2 aromatic carbocycles. The van der Waals surface area contributed by atoms with Gasteiger partial charge in [-0.1, -0.05) is 0 Å². The minimum absolute atomic E-state index is 0.186. The van der Waals surface area contributed by atoms with Gasteiger partial charge >= 0.3 is 0 Å². The van der Waals surface area contributed by atoms with Gasteiger partial charge < -0.3 is 9.47 Å². The van der Waals surface area contributed by atoms with Crippen LogP contribution in [0.3, 0.4) is 0 Å². The number of carbonyl (C=O) groups excluding carboxylic acids is 1. The van der Waals surface area contributed by atoms with E-state index in [1.165, 1.54) is 23.7 Å².